The van der Waals surface area contributed by atoms with Crippen molar-refractivity contribution in [2.24, 2.45) is 0 Å². The quantitative estimate of drug-likeness (QED) is 0.876. The lowest BCUT2D eigenvalue weighted by Gasteiger charge is -2.05. The van der Waals surface area contributed by atoms with E-state index in [1.54, 1.807) is 13.2 Å². The van der Waals surface area contributed by atoms with Gasteiger partial charge < -0.3 is 10.5 Å². The number of aromatic nitrogens is 2. The number of aryl methyl sites for hydroxylation is 1. The predicted octanol–water partition coefficient (Wildman–Crippen LogP) is 2.18. The molecule has 0 aliphatic carbocycles. The molecule has 0 saturated carbocycles. The number of nitrogens with zero attached hydrogens (tertiary/aromatic N) is 2. The molecule has 2 rings (SSSR count). The molecule has 0 spiro atoms. The Balaban J connectivity index is 2.41. The van der Waals surface area contributed by atoms with Crippen LogP contribution in [-0.2, 0) is 11.3 Å². The molecule has 1 aromatic carbocycles. The van der Waals surface area contributed by atoms with Gasteiger partial charge >= 0.3 is 0 Å². The molecule has 4 heteroatoms. The minimum absolute atomic E-state index is 0.490. The van der Waals surface area contributed by atoms with Crippen LogP contribution in [0.3, 0.4) is 0 Å². The largest absolute Gasteiger partial charge is 0.384 e. The van der Waals surface area contributed by atoms with Crippen molar-refractivity contribution in [3.63, 3.8) is 0 Å². The maximum absolute atomic E-state index is 5.72. The zero-order valence-corrected chi connectivity index (χ0v) is 9.97. The van der Waals surface area contributed by atoms with E-state index in [1.165, 1.54) is 0 Å². The topological polar surface area (TPSA) is 61.0 Å². The van der Waals surface area contributed by atoms with Crippen LogP contribution in [0.2, 0.25) is 0 Å². The molecule has 0 saturated heterocycles. The Morgan fingerprint density at radius 1 is 1.24 bits per heavy atom. The van der Waals surface area contributed by atoms with Gasteiger partial charge in [-0.2, -0.15) is 0 Å². The Kier molecular flexibility index (Phi) is 3.35. The molecule has 2 aromatic rings. The molecule has 0 radical (unpaired) electrons. The Hall–Kier alpha value is -1.94. The van der Waals surface area contributed by atoms with Gasteiger partial charge in [0.15, 0.2) is 5.82 Å². The molecule has 0 aliphatic rings. The number of hydrogen-bond acceptors (Lipinski definition) is 4. The van der Waals surface area contributed by atoms with Gasteiger partial charge in [-0.25, -0.2) is 9.97 Å². The van der Waals surface area contributed by atoms with Gasteiger partial charge in [0, 0.05) is 24.4 Å². The third-order valence-corrected chi connectivity index (χ3v) is 2.37. The number of anilines is 1. The first-order valence-corrected chi connectivity index (χ1v) is 5.38. The maximum Gasteiger partial charge on any atom is 0.161 e. The van der Waals surface area contributed by atoms with Crippen molar-refractivity contribution in [2.45, 2.75) is 13.5 Å². The molecule has 0 unspecified atom stereocenters. The molecule has 88 valence electrons. The van der Waals surface area contributed by atoms with Gasteiger partial charge in [0.25, 0.3) is 0 Å². The normalized spacial score (nSPS) is 10.5. The van der Waals surface area contributed by atoms with E-state index in [1.807, 2.05) is 31.2 Å². The van der Waals surface area contributed by atoms with Crippen molar-refractivity contribution in [3.05, 3.63) is 41.6 Å². The molecule has 2 N–H and O–H groups in total. The summed E-state index contributed by atoms with van der Waals surface area (Å²) in [6, 6.07) is 9.70. The van der Waals surface area contributed by atoms with Crippen LogP contribution in [0, 0.1) is 6.92 Å². The van der Waals surface area contributed by atoms with Gasteiger partial charge in [0.2, 0.25) is 0 Å². The van der Waals surface area contributed by atoms with Gasteiger partial charge in [0.1, 0.15) is 5.82 Å². The summed E-state index contributed by atoms with van der Waals surface area (Å²) in [4.78, 5) is 8.60. The predicted molar refractivity (Wildman–Crippen MR) is 67.3 cm³/mol. The maximum atomic E-state index is 5.72. The van der Waals surface area contributed by atoms with E-state index in [2.05, 4.69) is 9.97 Å². The lowest BCUT2D eigenvalue weighted by Crippen LogP contribution is -1.98. The van der Waals surface area contributed by atoms with E-state index < -0.39 is 0 Å². The summed E-state index contributed by atoms with van der Waals surface area (Å²) in [7, 11) is 1.67. The lowest BCUT2D eigenvalue weighted by atomic mass is 10.1. The third-order valence-electron chi connectivity index (χ3n) is 2.37. The highest BCUT2D eigenvalue weighted by molar-refractivity contribution is 5.57. The molecule has 0 bridgehead atoms. The van der Waals surface area contributed by atoms with Crippen molar-refractivity contribution in [1.29, 1.82) is 0 Å². The summed E-state index contributed by atoms with van der Waals surface area (Å²) >= 11 is 0. The third kappa shape index (κ3) is 2.79. The first kappa shape index (κ1) is 11.5. The molecule has 0 fully saturated rings. The molecular weight excluding hydrogens is 214 g/mol. The summed E-state index contributed by atoms with van der Waals surface area (Å²) < 4.78 is 5.10. The molecule has 0 atom stereocenters. The molecule has 0 amide bonds. The molecule has 17 heavy (non-hydrogen) atoms. The molecule has 0 aliphatic heterocycles. The van der Waals surface area contributed by atoms with Crippen LogP contribution >= 0.6 is 0 Å². The van der Waals surface area contributed by atoms with Crippen molar-refractivity contribution in [2.75, 3.05) is 12.8 Å². The molecular formula is C13H15N3O. The van der Waals surface area contributed by atoms with Crippen LogP contribution in [-0.4, -0.2) is 17.1 Å². The second-order valence-corrected chi connectivity index (χ2v) is 3.89. The fraction of sp³-hybridized carbons (Fsp3) is 0.231. The average molecular weight is 229 g/mol. The van der Waals surface area contributed by atoms with Crippen molar-refractivity contribution in [1.82, 2.24) is 9.97 Å². The first-order valence-electron chi connectivity index (χ1n) is 5.38. The summed E-state index contributed by atoms with van der Waals surface area (Å²) in [5.74, 6) is 1.14. The number of benzene rings is 1. The zero-order chi connectivity index (χ0) is 12.3. The number of rotatable bonds is 3. The Morgan fingerprint density at radius 2 is 2.06 bits per heavy atom. The number of hydrogen-bond donors (Lipinski definition) is 1. The second-order valence-electron chi connectivity index (χ2n) is 3.89. The Labute approximate surface area is 100 Å². The minimum Gasteiger partial charge on any atom is -0.384 e. The Bertz CT molecular complexity index is 506. The van der Waals surface area contributed by atoms with Crippen LogP contribution in [0.15, 0.2) is 30.3 Å². The Morgan fingerprint density at radius 3 is 2.76 bits per heavy atom. The van der Waals surface area contributed by atoms with Gasteiger partial charge in [-0.15, -0.1) is 0 Å². The van der Waals surface area contributed by atoms with E-state index in [0.717, 1.165) is 16.8 Å². The van der Waals surface area contributed by atoms with Gasteiger partial charge in [-0.3, -0.25) is 0 Å². The molecule has 4 nitrogen and oxygen atoms in total. The van der Waals surface area contributed by atoms with Crippen LogP contribution in [0.5, 0.6) is 0 Å². The zero-order valence-electron chi connectivity index (χ0n) is 9.97. The molecule has 1 heterocycles. The van der Waals surface area contributed by atoms with Gasteiger partial charge in [-0.1, -0.05) is 18.2 Å². The fourth-order valence-electron chi connectivity index (χ4n) is 1.69. The van der Waals surface area contributed by atoms with Crippen LogP contribution in [0.1, 0.15) is 11.3 Å². The number of methoxy groups -OCH3 is 1. The fourth-order valence-corrected chi connectivity index (χ4v) is 1.69. The smallest absolute Gasteiger partial charge is 0.161 e. The van der Waals surface area contributed by atoms with E-state index in [4.69, 9.17) is 10.5 Å². The highest BCUT2D eigenvalue weighted by Crippen LogP contribution is 2.18. The average Bonchev–Trinajstić information content (AvgIpc) is 2.28. The van der Waals surface area contributed by atoms with Crippen LogP contribution in [0.25, 0.3) is 11.4 Å². The highest BCUT2D eigenvalue weighted by Gasteiger charge is 2.04. The van der Waals surface area contributed by atoms with E-state index >= 15 is 0 Å². The summed E-state index contributed by atoms with van der Waals surface area (Å²) in [5, 5.41) is 0. The summed E-state index contributed by atoms with van der Waals surface area (Å²) in [6.45, 7) is 2.48. The minimum atomic E-state index is 0.490. The van der Waals surface area contributed by atoms with E-state index in [-0.39, 0.29) is 0 Å². The van der Waals surface area contributed by atoms with Gasteiger partial charge in [-0.05, 0) is 18.6 Å². The summed E-state index contributed by atoms with van der Waals surface area (Å²) in [5.41, 5.74) is 8.63. The highest BCUT2D eigenvalue weighted by atomic mass is 16.5. The van der Waals surface area contributed by atoms with Gasteiger partial charge in [0.05, 0.1) is 6.61 Å². The van der Waals surface area contributed by atoms with Crippen LogP contribution in [0.4, 0.5) is 5.82 Å². The standard InChI is InChI=1S/C13H15N3O/c1-9-6-12(14)16-13(15-9)11-5-3-4-10(7-11)8-17-2/h3-7H,8H2,1-2H3,(H2,14,15,16). The number of ether oxygens (including phenoxy) is 1. The first-order chi connectivity index (χ1) is 8.19. The molecule has 1 aromatic heterocycles. The van der Waals surface area contributed by atoms with E-state index in [9.17, 15) is 0 Å². The SMILES string of the molecule is COCc1cccc(-c2nc(C)cc(N)n2)c1. The second kappa shape index (κ2) is 4.93. The van der Waals surface area contributed by atoms with Crippen molar-refractivity contribution < 1.29 is 4.74 Å². The summed E-state index contributed by atoms with van der Waals surface area (Å²) in [6.07, 6.45) is 0. The van der Waals surface area contributed by atoms with E-state index in [0.29, 0.717) is 18.2 Å². The van der Waals surface area contributed by atoms with Crippen LogP contribution < -0.4 is 5.73 Å². The number of nitrogens with two attached hydrogens (primary N) is 1. The van der Waals surface area contributed by atoms with Crippen molar-refractivity contribution >= 4 is 5.82 Å². The number of nitrogen functional groups attached to an aromatic ring is 1. The lowest BCUT2D eigenvalue weighted by molar-refractivity contribution is 0.185. The monoisotopic (exact) mass is 229 g/mol. The van der Waals surface area contributed by atoms with Crippen molar-refractivity contribution in [3.8, 4) is 11.4 Å².